The Morgan fingerprint density at radius 1 is 1.27 bits per heavy atom. The van der Waals surface area contributed by atoms with Gasteiger partial charge in [-0.1, -0.05) is 6.07 Å². The molecule has 0 aliphatic carbocycles. The highest BCUT2D eigenvalue weighted by atomic mass is 15.0. The van der Waals surface area contributed by atoms with Gasteiger partial charge in [-0.05, 0) is 52.0 Å². The summed E-state index contributed by atoms with van der Waals surface area (Å²) in [6.45, 7) is 4.21. The van der Waals surface area contributed by atoms with Crippen molar-refractivity contribution in [1.29, 1.82) is 0 Å². The zero-order valence-electron chi connectivity index (χ0n) is 9.95. The van der Waals surface area contributed by atoms with Crippen LogP contribution in [0.5, 0.6) is 0 Å². The molecular formula is C12H21N3. The molecule has 0 aliphatic heterocycles. The Balaban J connectivity index is 2.12. The normalized spacial score (nSPS) is 10.7. The lowest BCUT2D eigenvalue weighted by molar-refractivity contribution is 0.396. The van der Waals surface area contributed by atoms with Crippen molar-refractivity contribution in [3.63, 3.8) is 0 Å². The molecule has 0 saturated carbocycles. The van der Waals surface area contributed by atoms with Crippen molar-refractivity contribution in [2.45, 2.75) is 19.8 Å². The number of rotatable bonds is 6. The maximum Gasteiger partial charge on any atom is 0.125 e. The quantitative estimate of drug-likeness (QED) is 0.724. The summed E-state index contributed by atoms with van der Waals surface area (Å²) in [5, 5.41) is 3.32. The molecule has 0 aliphatic rings. The van der Waals surface area contributed by atoms with E-state index in [9.17, 15) is 0 Å². The molecule has 0 radical (unpaired) electrons. The van der Waals surface area contributed by atoms with Gasteiger partial charge in [0.1, 0.15) is 5.82 Å². The van der Waals surface area contributed by atoms with Gasteiger partial charge in [0, 0.05) is 12.7 Å². The molecule has 0 amide bonds. The smallest absolute Gasteiger partial charge is 0.125 e. The molecule has 15 heavy (non-hydrogen) atoms. The molecule has 3 nitrogen and oxygen atoms in total. The van der Waals surface area contributed by atoms with Crippen molar-refractivity contribution in [1.82, 2.24) is 9.88 Å². The highest BCUT2D eigenvalue weighted by Gasteiger charge is 1.93. The molecule has 0 unspecified atom stereocenters. The minimum atomic E-state index is 0.977. The molecule has 1 aromatic rings. The fourth-order valence-electron chi connectivity index (χ4n) is 1.34. The maximum atomic E-state index is 4.29. The minimum absolute atomic E-state index is 0.977. The summed E-state index contributed by atoms with van der Waals surface area (Å²) in [4.78, 5) is 6.50. The number of unbranched alkanes of at least 4 members (excludes halogenated alkanes) is 1. The van der Waals surface area contributed by atoms with Gasteiger partial charge in [-0.2, -0.15) is 0 Å². The fourth-order valence-corrected chi connectivity index (χ4v) is 1.34. The average Bonchev–Trinajstić information content (AvgIpc) is 2.20. The second kappa shape index (κ2) is 6.40. The lowest BCUT2D eigenvalue weighted by Gasteiger charge is -2.09. The lowest BCUT2D eigenvalue weighted by Crippen LogP contribution is -2.14. The van der Waals surface area contributed by atoms with E-state index in [2.05, 4.69) is 35.4 Å². The first-order valence-corrected chi connectivity index (χ1v) is 5.50. The predicted molar refractivity (Wildman–Crippen MR) is 65.3 cm³/mol. The molecule has 84 valence electrons. The van der Waals surface area contributed by atoms with Crippen LogP contribution in [0.3, 0.4) is 0 Å². The van der Waals surface area contributed by atoms with Crippen molar-refractivity contribution >= 4 is 5.82 Å². The first kappa shape index (κ1) is 12.0. The number of hydrogen-bond donors (Lipinski definition) is 1. The van der Waals surface area contributed by atoms with Gasteiger partial charge in [0.05, 0.1) is 0 Å². The van der Waals surface area contributed by atoms with Crippen LogP contribution in [0, 0.1) is 6.92 Å². The van der Waals surface area contributed by atoms with E-state index in [0.717, 1.165) is 18.9 Å². The summed E-state index contributed by atoms with van der Waals surface area (Å²) in [7, 11) is 4.21. The third kappa shape index (κ3) is 5.37. The van der Waals surface area contributed by atoms with Crippen LogP contribution < -0.4 is 5.32 Å². The van der Waals surface area contributed by atoms with Crippen LogP contribution in [-0.4, -0.2) is 37.1 Å². The van der Waals surface area contributed by atoms with Crippen molar-refractivity contribution in [3.05, 3.63) is 23.9 Å². The molecule has 1 heterocycles. The molecule has 0 saturated heterocycles. The first-order chi connectivity index (χ1) is 7.18. The van der Waals surface area contributed by atoms with Crippen molar-refractivity contribution in [3.8, 4) is 0 Å². The molecule has 1 rings (SSSR count). The Labute approximate surface area is 92.5 Å². The molecular weight excluding hydrogens is 186 g/mol. The van der Waals surface area contributed by atoms with E-state index < -0.39 is 0 Å². The third-order valence-electron chi connectivity index (χ3n) is 2.25. The molecule has 0 aromatic carbocycles. The first-order valence-electron chi connectivity index (χ1n) is 5.50. The van der Waals surface area contributed by atoms with Gasteiger partial charge in [0.25, 0.3) is 0 Å². The van der Waals surface area contributed by atoms with E-state index in [0.29, 0.717) is 0 Å². The summed E-state index contributed by atoms with van der Waals surface area (Å²) in [5.41, 5.74) is 1.20. The second-order valence-electron chi connectivity index (χ2n) is 4.16. The fraction of sp³-hybridized carbons (Fsp3) is 0.583. The number of aromatic nitrogens is 1. The van der Waals surface area contributed by atoms with E-state index in [1.807, 2.05) is 19.2 Å². The zero-order chi connectivity index (χ0) is 11.1. The Kier molecular flexibility index (Phi) is 5.12. The van der Waals surface area contributed by atoms with Crippen LogP contribution in [0.1, 0.15) is 18.4 Å². The van der Waals surface area contributed by atoms with E-state index in [4.69, 9.17) is 0 Å². The number of nitrogens with zero attached hydrogens (tertiary/aromatic N) is 2. The lowest BCUT2D eigenvalue weighted by atomic mass is 10.3. The summed E-state index contributed by atoms with van der Waals surface area (Å²) in [5.74, 6) is 0.977. The number of anilines is 1. The Morgan fingerprint density at radius 3 is 2.67 bits per heavy atom. The zero-order valence-corrected chi connectivity index (χ0v) is 9.95. The monoisotopic (exact) mass is 207 g/mol. The number of aryl methyl sites for hydroxylation is 1. The van der Waals surface area contributed by atoms with E-state index in [1.165, 1.54) is 18.4 Å². The van der Waals surface area contributed by atoms with Gasteiger partial charge in [-0.25, -0.2) is 4.98 Å². The van der Waals surface area contributed by atoms with Gasteiger partial charge in [-0.3, -0.25) is 0 Å². The van der Waals surface area contributed by atoms with Gasteiger partial charge in [0.2, 0.25) is 0 Å². The van der Waals surface area contributed by atoms with Crippen LogP contribution in [-0.2, 0) is 0 Å². The average molecular weight is 207 g/mol. The number of hydrogen-bond acceptors (Lipinski definition) is 3. The summed E-state index contributed by atoms with van der Waals surface area (Å²) in [6.07, 6.45) is 4.31. The standard InChI is InChI=1S/C12H21N3/c1-11-6-7-12(14-10-11)13-8-4-5-9-15(2)3/h6-7,10H,4-5,8-9H2,1-3H3,(H,13,14). The molecule has 1 aromatic heterocycles. The SMILES string of the molecule is Cc1ccc(NCCCCN(C)C)nc1. The Hall–Kier alpha value is -1.09. The van der Waals surface area contributed by atoms with Crippen LogP contribution >= 0.6 is 0 Å². The molecule has 0 fully saturated rings. The Morgan fingerprint density at radius 2 is 2.07 bits per heavy atom. The number of pyridine rings is 1. The minimum Gasteiger partial charge on any atom is -0.370 e. The topological polar surface area (TPSA) is 28.2 Å². The van der Waals surface area contributed by atoms with Gasteiger partial charge >= 0.3 is 0 Å². The molecule has 0 bridgehead atoms. The highest BCUT2D eigenvalue weighted by Crippen LogP contribution is 2.03. The predicted octanol–water partition coefficient (Wildman–Crippen LogP) is 2.14. The van der Waals surface area contributed by atoms with E-state index in [-0.39, 0.29) is 0 Å². The third-order valence-corrected chi connectivity index (χ3v) is 2.25. The molecule has 0 atom stereocenters. The highest BCUT2D eigenvalue weighted by molar-refractivity contribution is 5.34. The molecule has 0 spiro atoms. The largest absolute Gasteiger partial charge is 0.370 e. The van der Waals surface area contributed by atoms with Crippen LogP contribution in [0.15, 0.2) is 18.3 Å². The van der Waals surface area contributed by atoms with Crippen LogP contribution in [0.2, 0.25) is 0 Å². The van der Waals surface area contributed by atoms with Gasteiger partial charge < -0.3 is 10.2 Å². The summed E-state index contributed by atoms with van der Waals surface area (Å²) < 4.78 is 0. The van der Waals surface area contributed by atoms with Gasteiger partial charge in [0.15, 0.2) is 0 Å². The van der Waals surface area contributed by atoms with E-state index >= 15 is 0 Å². The Bertz CT molecular complexity index is 267. The van der Waals surface area contributed by atoms with E-state index in [1.54, 1.807) is 0 Å². The van der Waals surface area contributed by atoms with Crippen LogP contribution in [0.4, 0.5) is 5.82 Å². The molecule has 1 N–H and O–H groups in total. The maximum absolute atomic E-state index is 4.29. The van der Waals surface area contributed by atoms with Gasteiger partial charge in [-0.15, -0.1) is 0 Å². The van der Waals surface area contributed by atoms with Crippen molar-refractivity contribution in [2.75, 3.05) is 32.5 Å². The van der Waals surface area contributed by atoms with Crippen molar-refractivity contribution < 1.29 is 0 Å². The molecule has 3 heteroatoms. The number of nitrogens with one attached hydrogen (secondary N) is 1. The summed E-state index contributed by atoms with van der Waals surface area (Å²) in [6, 6.07) is 4.11. The van der Waals surface area contributed by atoms with Crippen molar-refractivity contribution in [2.24, 2.45) is 0 Å². The summed E-state index contributed by atoms with van der Waals surface area (Å²) >= 11 is 0. The second-order valence-corrected chi connectivity index (χ2v) is 4.16. The van der Waals surface area contributed by atoms with Crippen LogP contribution in [0.25, 0.3) is 0 Å².